The molecule has 4 amide bonds. The lowest BCUT2D eigenvalue weighted by molar-refractivity contribution is -0.143. The first-order chi connectivity index (χ1) is 13.9. The summed E-state index contributed by atoms with van der Waals surface area (Å²) < 4.78 is 0. The maximum Gasteiger partial charge on any atom is 0.328 e. The maximum absolute atomic E-state index is 12.5. The third-order valence-corrected chi connectivity index (χ3v) is 3.65. The fraction of sp³-hybridized carbons (Fsp3) is 0.600. The van der Waals surface area contributed by atoms with E-state index in [-0.39, 0.29) is 0 Å². The molecule has 0 aromatic heterocycles. The topological polar surface area (TPSA) is 271 Å². The first-order valence-electron chi connectivity index (χ1n) is 8.54. The van der Waals surface area contributed by atoms with Gasteiger partial charge in [0.1, 0.15) is 24.2 Å². The minimum absolute atomic E-state index is 0.426. The van der Waals surface area contributed by atoms with Crippen LogP contribution in [0.2, 0.25) is 0 Å². The maximum atomic E-state index is 12.5. The van der Waals surface area contributed by atoms with Crippen molar-refractivity contribution in [1.82, 2.24) is 16.0 Å². The molecule has 0 fully saturated rings. The first-order valence-corrected chi connectivity index (χ1v) is 8.54. The highest BCUT2D eigenvalue weighted by molar-refractivity contribution is 5.96. The smallest absolute Gasteiger partial charge is 0.328 e. The van der Waals surface area contributed by atoms with Crippen LogP contribution in [-0.4, -0.2) is 93.4 Å². The number of primary amides is 1. The van der Waals surface area contributed by atoms with Gasteiger partial charge in [0.25, 0.3) is 0 Å². The summed E-state index contributed by atoms with van der Waals surface area (Å²) in [6, 6.07) is -6.33. The Morgan fingerprint density at radius 3 is 1.70 bits per heavy atom. The number of carboxylic acids is 2. The van der Waals surface area contributed by atoms with Crippen LogP contribution in [-0.2, 0) is 28.8 Å². The number of amides is 4. The third kappa shape index (κ3) is 9.76. The van der Waals surface area contributed by atoms with Crippen molar-refractivity contribution in [1.29, 1.82) is 0 Å². The minimum atomic E-state index is -1.73. The summed E-state index contributed by atoms with van der Waals surface area (Å²) in [6.45, 7) is -1.74. The molecule has 4 unspecified atom stereocenters. The van der Waals surface area contributed by atoms with Crippen molar-refractivity contribution in [2.75, 3.05) is 13.2 Å². The number of aliphatic hydroxyl groups is 2. The molecule has 0 heterocycles. The van der Waals surface area contributed by atoms with Crippen molar-refractivity contribution in [3.63, 3.8) is 0 Å². The molecule has 0 rings (SSSR count). The Balaban J connectivity index is 5.44. The summed E-state index contributed by atoms with van der Waals surface area (Å²) in [6.07, 6.45) is -1.75. The zero-order valence-electron chi connectivity index (χ0n) is 15.7. The van der Waals surface area contributed by atoms with E-state index in [1.807, 2.05) is 5.32 Å². The molecule has 11 N–H and O–H groups in total. The van der Waals surface area contributed by atoms with Gasteiger partial charge in [0.15, 0.2) is 0 Å². The van der Waals surface area contributed by atoms with Gasteiger partial charge >= 0.3 is 11.9 Å². The fourth-order valence-corrected chi connectivity index (χ4v) is 2.04. The number of hydrogen-bond donors (Lipinski definition) is 9. The second-order valence-electron chi connectivity index (χ2n) is 6.10. The Morgan fingerprint density at radius 2 is 1.27 bits per heavy atom. The lowest BCUT2D eigenvalue weighted by Crippen LogP contribution is -2.58. The van der Waals surface area contributed by atoms with Gasteiger partial charge in [-0.15, -0.1) is 0 Å². The van der Waals surface area contributed by atoms with Crippen LogP contribution in [0.3, 0.4) is 0 Å². The van der Waals surface area contributed by atoms with Crippen LogP contribution < -0.4 is 27.4 Å². The largest absolute Gasteiger partial charge is 0.481 e. The second kappa shape index (κ2) is 13.0. The number of carboxylic acid groups (broad SMARTS) is 2. The average molecular weight is 435 g/mol. The molecule has 4 atom stereocenters. The Kier molecular flexibility index (Phi) is 11.6. The van der Waals surface area contributed by atoms with E-state index in [2.05, 4.69) is 10.6 Å². The summed E-state index contributed by atoms with van der Waals surface area (Å²) in [5.41, 5.74) is 10.3. The Bertz CT molecular complexity index is 670. The van der Waals surface area contributed by atoms with Crippen molar-refractivity contribution in [2.45, 2.75) is 43.4 Å². The van der Waals surface area contributed by atoms with E-state index in [4.69, 9.17) is 31.9 Å². The second-order valence-corrected chi connectivity index (χ2v) is 6.10. The lowest BCUT2D eigenvalue weighted by Gasteiger charge is -2.24. The summed E-state index contributed by atoms with van der Waals surface area (Å²) >= 11 is 0. The molecule has 0 saturated carbocycles. The lowest BCUT2D eigenvalue weighted by atomic mass is 10.1. The van der Waals surface area contributed by atoms with Crippen LogP contribution >= 0.6 is 0 Å². The van der Waals surface area contributed by atoms with Gasteiger partial charge in [0.2, 0.25) is 23.6 Å². The van der Waals surface area contributed by atoms with Gasteiger partial charge in [-0.2, -0.15) is 0 Å². The van der Waals surface area contributed by atoms with Crippen LogP contribution in [0.5, 0.6) is 0 Å². The molecule has 0 spiro atoms. The molecule has 170 valence electrons. The highest BCUT2D eigenvalue weighted by Crippen LogP contribution is 2.02. The van der Waals surface area contributed by atoms with Gasteiger partial charge in [-0.1, -0.05) is 0 Å². The summed E-state index contributed by atoms with van der Waals surface area (Å²) in [5.74, 6) is -7.16. The van der Waals surface area contributed by atoms with Gasteiger partial charge in [-0.3, -0.25) is 24.0 Å². The fourth-order valence-electron chi connectivity index (χ4n) is 2.04. The molecule has 0 saturated heterocycles. The molecule has 0 aliphatic heterocycles. The van der Waals surface area contributed by atoms with Crippen molar-refractivity contribution in [3.8, 4) is 0 Å². The number of nitrogens with one attached hydrogen (secondary N) is 3. The number of hydrogen-bond acceptors (Lipinski definition) is 9. The van der Waals surface area contributed by atoms with Crippen LogP contribution in [0, 0.1) is 0 Å². The number of carbonyl (C=O) groups is 6. The zero-order chi connectivity index (χ0) is 23.4. The molecule has 0 aliphatic rings. The normalized spacial score (nSPS) is 14.5. The molecule has 0 aliphatic carbocycles. The Labute approximate surface area is 169 Å². The molecule has 15 heteroatoms. The predicted octanol–water partition coefficient (Wildman–Crippen LogP) is -5.42. The minimum Gasteiger partial charge on any atom is -0.481 e. The number of carbonyl (C=O) groups excluding carboxylic acids is 4. The number of aliphatic hydroxyl groups excluding tert-OH is 2. The van der Waals surface area contributed by atoms with Gasteiger partial charge in [0.05, 0.1) is 19.6 Å². The molecule has 30 heavy (non-hydrogen) atoms. The van der Waals surface area contributed by atoms with Crippen LogP contribution in [0.15, 0.2) is 0 Å². The molecule has 0 bridgehead atoms. The summed E-state index contributed by atoms with van der Waals surface area (Å²) in [4.78, 5) is 69.4. The first kappa shape index (κ1) is 26.7. The highest BCUT2D eigenvalue weighted by Gasteiger charge is 2.31. The Morgan fingerprint density at radius 1 is 0.767 bits per heavy atom. The molecule has 0 radical (unpaired) electrons. The number of rotatable bonds is 14. The molecular weight excluding hydrogens is 410 g/mol. The van der Waals surface area contributed by atoms with E-state index >= 15 is 0 Å². The van der Waals surface area contributed by atoms with Gasteiger partial charge in [-0.25, -0.2) is 4.79 Å². The number of nitrogens with two attached hydrogens (primary N) is 2. The quantitative estimate of drug-likeness (QED) is 0.124. The van der Waals surface area contributed by atoms with Crippen LogP contribution in [0.1, 0.15) is 19.3 Å². The van der Waals surface area contributed by atoms with Crippen molar-refractivity contribution in [3.05, 3.63) is 0 Å². The van der Waals surface area contributed by atoms with E-state index in [9.17, 15) is 28.8 Å². The summed E-state index contributed by atoms with van der Waals surface area (Å²) in [5, 5.41) is 41.6. The van der Waals surface area contributed by atoms with E-state index in [1.54, 1.807) is 0 Å². The van der Waals surface area contributed by atoms with E-state index in [1.165, 1.54) is 0 Å². The zero-order valence-corrected chi connectivity index (χ0v) is 15.7. The molecular formula is C15H25N5O10. The molecule has 0 aromatic carbocycles. The monoisotopic (exact) mass is 435 g/mol. The van der Waals surface area contributed by atoms with Crippen molar-refractivity contribution < 1.29 is 49.2 Å². The van der Waals surface area contributed by atoms with E-state index in [0.717, 1.165) is 0 Å². The van der Waals surface area contributed by atoms with E-state index in [0.29, 0.717) is 0 Å². The third-order valence-electron chi connectivity index (χ3n) is 3.65. The highest BCUT2D eigenvalue weighted by atomic mass is 16.4. The SMILES string of the molecule is NC(=O)CC(NC(=O)C(CCC(=O)O)NC(=O)C(N)CO)C(=O)NC(CO)C(=O)O. The Hall–Kier alpha value is -3.30. The number of aliphatic carboxylic acids is 2. The summed E-state index contributed by atoms with van der Waals surface area (Å²) in [7, 11) is 0. The van der Waals surface area contributed by atoms with Gasteiger partial charge in [-0.05, 0) is 6.42 Å². The van der Waals surface area contributed by atoms with Crippen LogP contribution in [0.25, 0.3) is 0 Å². The average Bonchev–Trinajstić information content (AvgIpc) is 2.66. The standard InChI is InChI=1S/C15H25N5O10/c16-6(4-21)12(26)18-7(1-2-11(24)25)13(27)19-8(3-10(17)23)14(28)20-9(5-22)15(29)30/h6-9,21-22H,1-5,16H2,(H2,17,23)(H,18,26)(H,19,27)(H,20,28)(H,24,25)(H,29,30). The van der Waals surface area contributed by atoms with Crippen molar-refractivity contribution >= 4 is 35.6 Å². The van der Waals surface area contributed by atoms with Gasteiger partial charge in [0, 0.05) is 6.42 Å². The predicted molar refractivity (Wildman–Crippen MR) is 96.3 cm³/mol. The van der Waals surface area contributed by atoms with E-state index < -0.39 is 92.2 Å². The molecule has 0 aromatic rings. The van der Waals surface area contributed by atoms with Crippen molar-refractivity contribution in [2.24, 2.45) is 11.5 Å². The van der Waals surface area contributed by atoms with Crippen LogP contribution in [0.4, 0.5) is 0 Å². The molecule has 15 nitrogen and oxygen atoms in total. The van der Waals surface area contributed by atoms with Gasteiger partial charge < -0.3 is 47.8 Å².